The molecule has 13 heteroatoms. The minimum Gasteiger partial charge on any atom is -0.395 e. The number of carbonyl (C=O) groups is 2. The number of ether oxygens (including phenoxy) is 1. The minimum atomic E-state index is -0.400. The molecule has 4 N–H and O–H groups in total. The van der Waals surface area contributed by atoms with Gasteiger partial charge in [-0.05, 0) is 36.8 Å². The number of aliphatic hydroxyl groups excluding tert-OH is 2. The second kappa shape index (κ2) is 12.9. The third kappa shape index (κ3) is 6.38. The van der Waals surface area contributed by atoms with E-state index >= 15 is 0 Å². The molecule has 2 aromatic rings. The van der Waals surface area contributed by atoms with Gasteiger partial charge in [-0.2, -0.15) is 4.99 Å². The molecule has 0 saturated carbocycles. The van der Waals surface area contributed by atoms with Crippen molar-refractivity contribution in [2.75, 3.05) is 74.8 Å². The van der Waals surface area contributed by atoms with Crippen LogP contribution in [0.15, 0.2) is 65.8 Å². The van der Waals surface area contributed by atoms with E-state index in [9.17, 15) is 19.8 Å². The molecule has 4 heterocycles. The zero-order chi connectivity index (χ0) is 28.8. The van der Waals surface area contributed by atoms with Gasteiger partial charge in [0.15, 0.2) is 6.20 Å². The average molecular weight is 563 g/mol. The van der Waals surface area contributed by atoms with Gasteiger partial charge in [-0.1, -0.05) is 11.0 Å². The zero-order valence-corrected chi connectivity index (χ0v) is 22.9. The van der Waals surface area contributed by atoms with Crippen molar-refractivity contribution in [3.63, 3.8) is 0 Å². The topological polar surface area (TPSA) is 149 Å². The van der Waals surface area contributed by atoms with Gasteiger partial charge in [0.25, 0.3) is 5.91 Å². The van der Waals surface area contributed by atoms with Gasteiger partial charge in [0.05, 0.1) is 43.9 Å². The average Bonchev–Trinajstić information content (AvgIpc) is 3.48. The molecule has 0 atom stereocenters. The lowest BCUT2D eigenvalue weighted by atomic mass is 10.1. The maximum atomic E-state index is 12.8. The Labute approximate surface area is 238 Å². The number of pyridine rings is 1. The van der Waals surface area contributed by atoms with E-state index in [4.69, 9.17) is 4.74 Å². The minimum absolute atomic E-state index is 0.0655. The smallest absolute Gasteiger partial charge is 0.322 e. The summed E-state index contributed by atoms with van der Waals surface area (Å²) in [6, 6.07) is 8.76. The van der Waals surface area contributed by atoms with Crippen LogP contribution in [0.25, 0.3) is 0 Å². The lowest BCUT2D eigenvalue weighted by Crippen LogP contribution is -2.46. The highest BCUT2D eigenvalue weighted by Gasteiger charge is 2.37. The number of aliphatic hydroxyl groups is 2. The van der Waals surface area contributed by atoms with Crippen molar-refractivity contribution in [1.29, 1.82) is 0 Å². The van der Waals surface area contributed by atoms with Crippen molar-refractivity contribution in [3.8, 4) is 0 Å². The Morgan fingerprint density at radius 1 is 1.12 bits per heavy atom. The van der Waals surface area contributed by atoms with Crippen LogP contribution < -0.4 is 20.4 Å². The Hall–Kier alpha value is -4.30. The van der Waals surface area contributed by atoms with Crippen molar-refractivity contribution in [1.82, 2.24) is 19.7 Å². The summed E-state index contributed by atoms with van der Waals surface area (Å²) in [5, 5.41) is 24.8. The lowest BCUT2D eigenvalue weighted by molar-refractivity contribution is 0.0302. The number of aromatic nitrogens is 1. The zero-order valence-electron chi connectivity index (χ0n) is 22.9. The van der Waals surface area contributed by atoms with Crippen molar-refractivity contribution in [2.24, 2.45) is 4.99 Å². The van der Waals surface area contributed by atoms with Gasteiger partial charge < -0.3 is 35.4 Å². The standard InChI is InChI=1S/C28H34N8O5/c1-20-22(32-28(40)34(9-13-37)10-14-38)3-2-4-24(20)36-18-23(26-29-7-8-35(26)19-36)31-25-6-5-21(17-30-25)27(39)33-11-15-41-16-12-33/h2-8,17-18,37-38H,9-16,19H2,1H3,(H,30,31)(H,32,40)/q+1. The first kappa shape index (κ1) is 28.2. The number of hydrogen-bond acceptors (Lipinski definition) is 10. The quantitative estimate of drug-likeness (QED) is 0.336. The largest absolute Gasteiger partial charge is 0.395 e. The van der Waals surface area contributed by atoms with Gasteiger partial charge in [0.2, 0.25) is 6.67 Å². The van der Waals surface area contributed by atoms with Crippen LogP contribution in [0.5, 0.6) is 0 Å². The van der Waals surface area contributed by atoms with Gasteiger partial charge >= 0.3 is 11.9 Å². The number of urea groups is 1. The molecular formula is C28H34N8O5+. The first-order valence-corrected chi connectivity index (χ1v) is 13.5. The van der Waals surface area contributed by atoms with Crippen LogP contribution in [0.2, 0.25) is 0 Å². The number of morpholine rings is 1. The summed E-state index contributed by atoms with van der Waals surface area (Å²) in [6.07, 6.45) is 7.12. The first-order chi connectivity index (χ1) is 20.0. The number of fused-ring (bicyclic) bond motifs is 1. The Morgan fingerprint density at radius 2 is 1.90 bits per heavy atom. The summed E-state index contributed by atoms with van der Waals surface area (Å²) in [4.78, 5) is 41.7. The van der Waals surface area contributed by atoms with E-state index in [1.807, 2.05) is 47.3 Å². The third-order valence-corrected chi connectivity index (χ3v) is 7.00. The summed E-state index contributed by atoms with van der Waals surface area (Å²) >= 11 is 0. The molecule has 1 saturated heterocycles. The maximum absolute atomic E-state index is 12.8. The molecule has 13 nitrogen and oxygen atoms in total. The molecule has 0 unspecified atom stereocenters. The predicted molar refractivity (Wildman–Crippen MR) is 155 cm³/mol. The van der Waals surface area contributed by atoms with E-state index in [1.165, 1.54) is 4.90 Å². The number of benzene rings is 1. The summed E-state index contributed by atoms with van der Waals surface area (Å²) in [5.41, 5.74) is 3.57. The van der Waals surface area contributed by atoms with Gasteiger partial charge in [-0.25, -0.2) is 9.78 Å². The molecule has 5 rings (SSSR count). The van der Waals surface area contributed by atoms with Crippen LogP contribution in [0.4, 0.5) is 22.0 Å². The Bertz CT molecular complexity index is 1350. The molecule has 1 fully saturated rings. The number of carbonyl (C=O) groups excluding carboxylic acids is 2. The van der Waals surface area contributed by atoms with E-state index < -0.39 is 6.03 Å². The van der Waals surface area contributed by atoms with Gasteiger partial charge in [0, 0.05) is 44.3 Å². The van der Waals surface area contributed by atoms with E-state index in [0.717, 1.165) is 17.1 Å². The number of aliphatic imine (C=N–C) groups is 1. The molecule has 1 aromatic heterocycles. The first-order valence-electron chi connectivity index (χ1n) is 13.5. The van der Waals surface area contributed by atoms with Crippen LogP contribution in [0, 0.1) is 6.92 Å². The Kier molecular flexibility index (Phi) is 8.89. The number of rotatable bonds is 9. The van der Waals surface area contributed by atoms with Crippen molar-refractivity contribution < 1.29 is 24.5 Å². The molecule has 3 aliphatic heterocycles. The van der Waals surface area contributed by atoms with Crippen LogP contribution in [0.3, 0.4) is 0 Å². The highest BCUT2D eigenvalue weighted by molar-refractivity contribution is 6.06. The molecule has 1 aromatic carbocycles. The van der Waals surface area contributed by atoms with Crippen molar-refractivity contribution in [3.05, 3.63) is 72.0 Å². The van der Waals surface area contributed by atoms with Gasteiger partial charge in [0.1, 0.15) is 11.5 Å². The van der Waals surface area contributed by atoms with Crippen molar-refractivity contribution >= 4 is 35.0 Å². The molecule has 41 heavy (non-hydrogen) atoms. The molecule has 215 valence electrons. The fourth-order valence-electron chi connectivity index (χ4n) is 4.82. The van der Waals surface area contributed by atoms with Gasteiger partial charge in [-0.15, -0.1) is 0 Å². The van der Waals surface area contributed by atoms with Crippen LogP contribution in [0.1, 0.15) is 15.9 Å². The number of amides is 3. The highest BCUT2D eigenvalue weighted by atomic mass is 16.5. The lowest BCUT2D eigenvalue weighted by Gasteiger charge is -2.28. The molecule has 3 amide bonds. The number of anilines is 3. The molecular weight excluding hydrogens is 528 g/mol. The summed E-state index contributed by atoms with van der Waals surface area (Å²) < 4.78 is 5.34. The fraction of sp³-hybridized carbons (Fsp3) is 0.357. The number of nitrogens with zero attached hydrogens (tertiary/aromatic N) is 6. The monoisotopic (exact) mass is 562 g/mol. The second-order valence-electron chi connectivity index (χ2n) is 9.65. The van der Waals surface area contributed by atoms with E-state index in [-0.39, 0.29) is 32.2 Å². The SMILES string of the molecule is Cc1c(NC(=O)N(CCO)CCO)cccc1N1C=C(Nc2ccc(C(=O)N3CCOCC3)cn2)C2=NC=C[N+]2C1. The second-order valence-corrected chi connectivity index (χ2v) is 9.65. The summed E-state index contributed by atoms with van der Waals surface area (Å²) in [5.74, 6) is 1.24. The molecule has 0 aliphatic carbocycles. The molecule has 1 radical (unpaired) electrons. The molecule has 0 spiro atoms. The summed E-state index contributed by atoms with van der Waals surface area (Å²) in [7, 11) is 0. The Balaban J connectivity index is 1.34. The van der Waals surface area contributed by atoms with E-state index in [2.05, 4.69) is 20.6 Å². The normalized spacial score (nSPS) is 16.7. The molecule has 0 bridgehead atoms. The predicted octanol–water partition coefficient (Wildman–Crippen LogP) is 1.44. The van der Waals surface area contributed by atoms with E-state index in [1.54, 1.807) is 29.4 Å². The third-order valence-electron chi connectivity index (χ3n) is 7.00. The van der Waals surface area contributed by atoms with Crippen molar-refractivity contribution in [2.45, 2.75) is 6.92 Å². The number of amidine groups is 1. The Morgan fingerprint density at radius 3 is 2.61 bits per heavy atom. The van der Waals surface area contributed by atoms with E-state index in [0.29, 0.717) is 55.7 Å². The summed E-state index contributed by atoms with van der Waals surface area (Å²) in [6.45, 7) is 4.47. The van der Waals surface area contributed by atoms with Gasteiger partial charge in [-0.3, -0.25) is 9.69 Å². The highest BCUT2D eigenvalue weighted by Crippen LogP contribution is 2.30. The van der Waals surface area contributed by atoms with Crippen LogP contribution >= 0.6 is 0 Å². The number of nitrogens with one attached hydrogen (secondary N) is 2. The maximum Gasteiger partial charge on any atom is 0.322 e. The molecule has 3 aliphatic rings. The fourth-order valence-corrected chi connectivity index (χ4v) is 4.82. The van der Waals surface area contributed by atoms with Crippen LogP contribution in [-0.4, -0.2) is 102 Å². The van der Waals surface area contributed by atoms with Crippen LogP contribution in [-0.2, 0) is 4.74 Å². The number of hydrogen-bond donors (Lipinski definition) is 4.